The van der Waals surface area contributed by atoms with Crippen molar-refractivity contribution in [2.75, 3.05) is 26.4 Å². The zero-order valence-electron chi connectivity index (χ0n) is 30.1. The van der Waals surface area contributed by atoms with Gasteiger partial charge < -0.3 is 28.9 Å². The zero-order chi connectivity index (χ0) is 37.4. The summed E-state index contributed by atoms with van der Waals surface area (Å²) < 4.78 is 20.3. The van der Waals surface area contributed by atoms with Gasteiger partial charge in [-0.25, -0.2) is 19.2 Å². The van der Waals surface area contributed by atoms with Crippen LogP contribution in [0.5, 0.6) is 0 Å². The van der Waals surface area contributed by atoms with Crippen molar-refractivity contribution in [3.8, 4) is 0 Å². The summed E-state index contributed by atoms with van der Waals surface area (Å²) in [7, 11) is 0. The van der Waals surface area contributed by atoms with Crippen molar-refractivity contribution in [1.82, 2.24) is 9.97 Å². The van der Waals surface area contributed by atoms with Crippen molar-refractivity contribution < 1.29 is 54.9 Å². The van der Waals surface area contributed by atoms with Crippen molar-refractivity contribution >= 4 is 70.7 Å². The summed E-state index contributed by atoms with van der Waals surface area (Å²) in [6.45, 7) is 18.5. The molecule has 0 aliphatic carbocycles. The third-order valence-electron chi connectivity index (χ3n) is 7.60. The average molecular weight is 787 g/mol. The van der Waals surface area contributed by atoms with Gasteiger partial charge in [0.05, 0.1) is 60.4 Å². The minimum absolute atomic E-state index is 0. The number of rotatable bonds is 10. The zero-order valence-corrected chi connectivity index (χ0v) is 32.7. The molecule has 1 radical (unpaired) electrons. The number of allylic oxidation sites excluding steroid dienone is 2. The fraction of sp³-hybridized carbons (Fsp3) is 0.389. The van der Waals surface area contributed by atoms with Crippen LogP contribution in [-0.4, -0.2) is 61.7 Å². The van der Waals surface area contributed by atoms with Crippen LogP contribution < -0.4 is 9.97 Å². The summed E-state index contributed by atoms with van der Waals surface area (Å²) in [5, 5.41) is 0.474. The predicted octanol–water partition coefficient (Wildman–Crippen LogP) is 6.95. The van der Waals surface area contributed by atoms with Gasteiger partial charge in [0, 0.05) is 11.1 Å². The number of nitrogens with zero attached hydrogens (tertiary/aromatic N) is 4. The minimum Gasteiger partial charge on any atom is -0.647 e. The summed E-state index contributed by atoms with van der Waals surface area (Å²) in [5.41, 5.74) is 6.88. The Balaban J connectivity index is 0.000000347. The van der Waals surface area contributed by atoms with Crippen LogP contribution in [0.4, 0.5) is 0 Å². The van der Waals surface area contributed by atoms with Gasteiger partial charge in [-0.1, -0.05) is 10.3 Å². The molecule has 0 saturated heterocycles. The van der Waals surface area contributed by atoms with Crippen LogP contribution >= 0.6 is 23.2 Å². The largest absolute Gasteiger partial charge is 2.00 e. The van der Waals surface area contributed by atoms with E-state index in [9.17, 15) is 19.2 Å². The van der Waals surface area contributed by atoms with E-state index in [2.05, 4.69) is 20.0 Å². The van der Waals surface area contributed by atoms with Crippen LogP contribution in [0.3, 0.4) is 0 Å². The number of aliphatic imine (C=N–C) groups is 2. The van der Waals surface area contributed by atoms with E-state index in [4.69, 9.17) is 42.1 Å². The first-order valence-electron chi connectivity index (χ1n) is 15.9. The second-order valence-electron chi connectivity index (χ2n) is 10.9. The Kier molecular flexibility index (Phi) is 15.9. The maximum Gasteiger partial charge on any atom is 2.00 e. The van der Waals surface area contributed by atoms with Gasteiger partial charge in [-0.3, -0.25) is 9.98 Å². The first-order valence-corrected chi connectivity index (χ1v) is 16.7. The van der Waals surface area contributed by atoms with Crippen molar-refractivity contribution in [3.63, 3.8) is 0 Å². The third kappa shape index (κ3) is 9.59. The van der Waals surface area contributed by atoms with Gasteiger partial charge in [0.25, 0.3) is 0 Å². The molecule has 2 aliphatic heterocycles. The van der Waals surface area contributed by atoms with Crippen LogP contribution in [0.1, 0.15) is 98.6 Å². The van der Waals surface area contributed by atoms with E-state index in [0.717, 1.165) is 0 Å². The molecule has 15 heteroatoms. The molecule has 0 unspecified atom stereocenters. The Labute approximate surface area is 317 Å². The molecule has 4 heterocycles. The Morgan fingerprint density at radius 2 is 0.863 bits per heavy atom. The Bertz CT molecular complexity index is 1770. The van der Waals surface area contributed by atoms with E-state index >= 15 is 0 Å². The van der Waals surface area contributed by atoms with Gasteiger partial charge in [-0.15, -0.1) is 34.6 Å². The smallest absolute Gasteiger partial charge is 0.647 e. The fourth-order valence-electron chi connectivity index (χ4n) is 5.20. The molecule has 0 aromatic carbocycles. The molecule has 0 bridgehead atoms. The molecule has 12 nitrogen and oxygen atoms in total. The average Bonchev–Trinajstić information content (AvgIpc) is 3.69. The van der Waals surface area contributed by atoms with Gasteiger partial charge in [-0.2, -0.15) is 0 Å². The molecule has 2 aliphatic rings. The number of carbonyl (C=O) groups is 4. The van der Waals surface area contributed by atoms with E-state index in [-0.39, 0.29) is 53.5 Å². The van der Waals surface area contributed by atoms with Gasteiger partial charge >= 0.3 is 40.7 Å². The molecule has 0 N–H and O–H groups in total. The number of hydrogen-bond acceptors (Lipinski definition) is 10. The monoisotopic (exact) mass is 785 g/mol. The summed E-state index contributed by atoms with van der Waals surface area (Å²) in [5.74, 6) is -1.81. The standard InChI is InChI=1S/2C18H21ClN2O4.Co/c2*1-6-24-17(22)14-9(3)12(20-11(14)5)8-13-15(18(23)25-7-2)10(4)16(19)21-13;/h2*8H,6-7H2,1-5H3,(H,20,21,22,23);/q;;+2/p-2. The molecule has 51 heavy (non-hydrogen) atoms. The van der Waals surface area contributed by atoms with Crippen molar-refractivity contribution in [1.29, 1.82) is 0 Å². The number of ether oxygens (including phenoxy) is 4. The topological polar surface area (TPSA) is 158 Å². The van der Waals surface area contributed by atoms with Crippen molar-refractivity contribution in [2.45, 2.75) is 69.2 Å². The number of carbonyl (C=O) groups excluding carboxylic acids is 4. The molecule has 275 valence electrons. The number of hydrogen-bond donors (Lipinski definition) is 0. The SMILES string of the molecule is CCOC(=O)C1=C(C)/C(=C/c2[n-]c(Cl)c(C)c2C(=O)OCC)N=C1C.CCOC(=O)C1=C(C)/C(=C/c2[n-]c(Cl)c(C)c2C(=O)OCC)N=C1C.[Co+2]. The van der Waals surface area contributed by atoms with Crippen molar-refractivity contribution in [3.05, 3.63) is 77.6 Å². The Hall–Kier alpha value is -4.17. The third-order valence-corrected chi connectivity index (χ3v) is 8.34. The van der Waals surface area contributed by atoms with Crippen LogP contribution in [0.2, 0.25) is 10.3 Å². The molecule has 0 atom stereocenters. The number of aromatic nitrogens is 2. The number of halogens is 2. The molecule has 0 amide bonds. The molecule has 0 fully saturated rings. The Morgan fingerprint density at radius 1 is 0.569 bits per heavy atom. The van der Waals surface area contributed by atoms with Crippen LogP contribution in [0.15, 0.2) is 43.7 Å². The van der Waals surface area contributed by atoms with Gasteiger partial charge in [0.2, 0.25) is 0 Å². The normalized spacial score (nSPS) is 15.3. The van der Waals surface area contributed by atoms with Crippen LogP contribution in [0.25, 0.3) is 12.2 Å². The first kappa shape index (κ1) is 43.0. The minimum atomic E-state index is -0.489. The van der Waals surface area contributed by atoms with Crippen LogP contribution in [0, 0.1) is 13.8 Å². The molecule has 0 spiro atoms. The first-order chi connectivity index (χ1) is 23.6. The van der Waals surface area contributed by atoms with Gasteiger partial charge in [-0.05, 0) is 104 Å². The fourth-order valence-corrected chi connectivity index (χ4v) is 5.57. The van der Waals surface area contributed by atoms with E-state index in [1.807, 2.05) is 0 Å². The molecule has 0 saturated carbocycles. The summed E-state index contributed by atoms with van der Waals surface area (Å²) in [6, 6.07) is 0. The molecule has 2 aromatic heterocycles. The maximum absolute atomic E-state index is 12.2. The second kappa shape index (κ2) is 18.9. The number of esters is 4. The summed E-state index contributed by atoms with van der Waals surface area (Å²) in [6.07, 6.45) is 3.27. The summed E-state index contributed by atoms with van der Waals surface area (Å²) in [4.78, 5) is 65.8. The molecular formula is C36H40Cl2CoN4O8. The van der Waals surface area contributed by atoms with Gasteiger partial charge in [0.15, 0.2) is 0 Å². The molecule has 2 aromatic rings. The van der Waals surface area contributed by atoms with Crippen molar-refractivity contribution in [2.24, 2.45) is 9.98 Å². The Morgan fingerprint density at radius 3 is 1.16 bits per heavy atom. The van der Waals surface area contributed by atoms with Crippen LogP contribution in [-0.2, 0) is 45.3 Å². The maximum atomic E-state index is 12.2. The predicted molar refractivity (Wildman–Crippen MR) is 192 cm³/mol. The molecular weight excluding hydrogens is 746 g/mol. The van der Waals surface area contributed by atoms with Gasteiger partial charge in [0.1, 0.15) is 0 Å². The molecule has 4 rings (SSSR count). The summed E-state index contributed by atoms with van der Waals surface area (Å²) >= 11 is 12.2. The van der Waals surface area contributed by atoms with E-state index < -0.39 is 23.9 Å². The second-order valence-corrected chi connectivity index (χ2v) is 11.6. The van der Waals surface area contributed by atoms with E-state index in [1.165, 1.54) is 0 Å². The quantitative estimate of drug-likeness (QED) is 0.182. The van der Waals surface area contributed by atoms with E-state index in [1.54, 1.807) is 81.4 Å². The van der Waals surface area contributed by atoms with E-state index in [0.29, 0.717) is 78.8 Å².